The maximum absolute atomic E-state index is 12.1. The third kappa shape index (κ3) is 4.79. The van der Waals surface area contributed by atoms with E-state index in [0.717, 1.165) is 0 Å². The quantitative estimate of drug-likeness (QED) is 0.735. The van der Waals surface area contributed by atoms with Crippen LogP contribution in [-0.4, -0.2) is 41.0 Å². The SMILES string of the molecule is CCN(CC(C)C(=O)O)C(=O)Nc1ccc(C(N)=O)cc1. The van der Waals surface area contributed by atoms with E-state index in [1.165, 1.54) is 17.0 Å². The van der Waals surface area contributed by atoms with Crippen molar-refractivity contribution in [3.63, 3.8) is 0 Å². The van der Waals surface area contributed by atoms with Crippen LogP contribution in [0.4, 0.5) is 10.5 Å². The number of nitrogens with one attached hydrogen (secondary N) is 1. The van der Waals surface area contributed by atoms with Crippen LogP contribution in [0, 0.1) is 5.92 Å². The van der Waals surface area contributed by atoms with Gasteiger partial charge in [0.2, 0.25) is 5.91 Å². The number of carbonyl (C=O) groups is 3. The second kappa shape index (κ2) is 7.28. The molecule has 0 fully saturated rings. The van der Waals surface area contributed by atoms with Crippen LogP contribution >= 0.6 is 0 Å². The Bertz CT molecular complexity index is 528. The fraction of sp³-hybridized carbons (Fsp3) is 0.357. The highest BCUT2D eigenvalue weighted by molar-refractivity contribution is 5.94. The van der Waals surface area contributed by atoms with E-state index in [9.17, 15) is 14.4 Å². The molecule has 21 heavy (non-hydrogen) atoms. The van der Waals surface area contributed by atoms with Gasteiger partial charge in [-0.1, -0.05) is 6.92 Å². The molecule has 0 aliphatic heterocycles. The third-order valence-electron chi connectivity index (χ3n) is 3.01. The predicted octanol–water partition coefficient (Wildman–Crippen LogP) is 1.36. The van der Waals surface area contributed by atoms with Gasteiger partial charge in [-0.3, -0.25) is 9.59 Å². The molecule has 0 saturated heterocycles. The van der Waals surface area contributed by atoms with E-state index < -0.39 is 23.8 Å². The number of aliphatic carboxylic acids is 1. The molecule has 7 heteroatoms. The lowest BCUT2D eigenvalue weighted by molar-refractivity contribution is -0.141. The minimum atomic E-state index is -0.952. The number of carboxylic acids is 1. The van der Waals surface area contributed by atoms with Crippen molar-refractivity contribution in [3.05, 3.63) is 29.8 Å². The Morgan fingerprint density at radius 1 is 1.29 bits per heavy atom. The Kier molecular flexibility index (Phi) is 5.71. The van der Waals surface area contributed by atoms with Gasteiger partial charge in [-0.05, 0) is 31.2 Å². The van der Waals surface area contributed by atoms with Gasteiger partial charge in [0.05, 0.1) is 5.92 Å². The largest absolute Gasteiger partial charge is 0.481 e. The molecule has 0 spiro atoms. The average molecular weight is 293 g/mol. The van der Waals surface area contributed by atoms with Crippen LogP contribution in [0.1, 0.15) is 24.2 Å². The highest BCUT2D eigenvalue weighted by Crippen LogP contribution is 2.11. The van der Waals surface area contributed by atoms with Gasteiger partial charge >= 0.3 is 12.0 Å². The Balaban J connectivity index is 2.69. The standard InChI is InChI=1S/C14H19N3O4/c1-3-17(8-9(2)13(19)20)14(21)16-11-6-4-10(5-7-11)12(15)18/h4-7,9H,3,8H2,1-2H3,(H2,15,18)(H,16,21)(H,19,20). The summed E-state index contributed by atoms with van der Waals surface area (Å²) < 4.78 is 0. The van der Waals surface area contributed by atoms with Gasteiger partial charge in [0.1, 0.15) is 0 Å². The first-order chi connectivity index (χ1) is 9.85. The third-order valence-corrected chi connectivity index (χ3v) is 3.01. The number of hydrogen-bond donors (Lipinski definition) is 3. The maximum Gasteiger partial charge on any atom is 0.321 e. The van der Waals surface area contributed by atoms with Gasteiger partial charge in [-0.25, -0.2) is 4.79 Å². The molecule has 1 atom stereocenters. The summed E-state index contributed by atoms with van der Waals surface area (Å²) in [6.07, 6.45) is 0. The van der Waals surface area contributed by atoms with E-state index in [1.54, 1.807) is 26.0 Å². The molecular weight excluding hydrogens is 274 g/mol. The summed E-state index contributed by atoms with van der Waals surface area (Å²) in [5.41, 5.74) is 5.98. The lowest BCUT2D eigenvalue weighted by atomic mass is 10.2. The Morgan fingerprint density at radius 3 is 2.29 bits per heavy atom. The molecule has 1 aromatic rings. The summed E-state index contributed by atoms with van der Waals surface area (Å²) in [4.78, 5) is 35.2. The van der Waals surface area contributed by atoms with Crippen LogP contribution in [0.25, 0.3) is 0 Å². The van der Waals surface area contributed by atoms with Crippen LogP contribution in [0.5, 0.6) is 0 Å². The minimum Gasteiger partial charge on any atom is -0.481 e. The fourth-order valence-corrected chi connectivity index (χ4v) is 1.68. The first-order valence-corrected chi connectivity index (χ1v) is 6.53. The summed E-state index contributed by atoms with van der Waals surface area (Å²) in [5.74, 6) is -2.14. The molecule has 1 unspecified atom stereocenters. The van der Waals surface area contributed by atoms with Gasteiger partial charge in [0, 0.05) is 24.3 Å². The van der Waals surface area contributed by atoms with Crippen molar-refractivity contribution in [2.75, 3.05) is 18.4 Å². The summed E-state index contributed by atoms with van der Waals surface area (Å²) in [5, 5.41) is 11.5. The molecule has 1 rings (SSSR count). The van der Waals surface area contributed by atoms with Crippen molar-refractivity contribution in [2.24, 2.45) is 11.7 Å². The number of primary amides is 1. The number of carbonyl (C=O) groups excluding carboxylic acids is 2. The van der Waals surface area contributed by atoms with Gasteiger partial charge < -0.3 is 21.1 Å². The first kappa shape index (κ1) is 16.5. The zero-order valence-corrected chi connectivity index (χ0v) is 12.0. The smallest absolute Gasteiger partial charge is 0.321 e. The molecule has 0 aromatic heterocycles. The van der Waals surface area contributed by atoms with Crippen LogP contribution in [0.2, 0.25) is 0 Å². The Labute approximate surface area is 122 Å². The van der Waals surface area contributed by atoms with E-state index in [-0.39, 0.29) is 6.54 Å². The zero-order chi connectivity index (χ0) is 16.0. The molecule has 0 aliphatic rings. The lowest BCUT2D eigenvalue weighted by Crippen LogP contribution is -2.39. The Morgan fingerprint density at radius 2 is 1.86 bits per heavy atom. The number of anilines is 1. The number of urea groups is 1. The molecular formula is C14H19N3O4. The minimum absolute atomic E-state index is 0.122. The molecule has 0 aliphatic carbocycles. The van der Waals surface area contributed by atoms with Crippen LogP contribution < -0.4 is 11.1 Å². The average Bonchev–Trinajstić information content (AvgIpc) is 2.44. The normalized spacial score (nSPS) is 11.5. The van der Waals surface area contributed by atoms with E-state index in [1.807, 2.05) is 0 Å². The molecule has 114 valence electrons. The summed E-state index contributed by atoms with van der Waals surface area (Å²) >= 11 is 0. The van der Waals surface area contributed by atoms with E-state index >= 15 is 0 Å². The monoisotopic (exact) mass is 293 g/mol. The molecule has 0 radical (unpaired) electrons. The highest BCUT2D eigenvalue weighted by Gasteiger charge is 2.19. The fourth-order valence-electron chi connectivity index (χ4n) is 1.68. The molecule has 7 nitrogen and oxygen atoms in total. The van der Waals surface area contributed by atoms with Gasteiger partial charge in [0.15, 0.2) is 0 Å². The first-order valence-electron chi connectivity index (χ1n) is 6.53. The topological polar surface area (TPSA) is 113 Å². The molecule has 3 amide bonds. The van der Waals surface area contributed by atoms with Crippen molar-refractivity contribution < 1.29 is 19.5 Å². The van der Waals surface area contributed by atoms with Crippen LogP contribution in [-0.2, 0) is 4.79 Å². The molecule has 0 heterocycles. The van der Waals surface area contributed by atoms with Crippen molar-refractivity contribution in [3.8, 4) is 0 Å². The summed E-state index contributed by atoms with van der Waals surface area (Å²) in [7, 11) is 0. The number of nitrogens with zero attached hydrogens (tertiary/aromatic N) is 1. The zero-order valence-electron chi connectivity index (χ0n) is 12.0. The van der Waals surface area contributed by atoms with Crippen molar-refractivity contribution in [2.45, 2.75) is 13.8 Å². The van der Waals surface area contributed by atoms with E-state index in [0.29, 0.717) is 17.8 Å². The second-order valence-corrected chi connectivity index (χ2v) is 4.65. The summed E-state index contributed by atoms with van der Waals surface area (Å²) in [6.45, 7) is 3.82. The van der Waals surface area contributed by atoms with E-state index in [2.05, 4.69) is 5.32 Å². The molecule has 0 bridgehead atoms. The number of amides is 3. The van der Waals surface area contributed by atoms with Gasteiger partial charge in [-0.15, -0.1) is 0 Å². The number of carboxylic acid groups (broad SMARTS) is 1. The van der Waals surface area contributed by atoms with Gasteiger partial charge in [-0.2, -0.15) is 0 Å². The van der Waals surface area contributed by atoms with Crippen LogP contribution in [0.3, 0.4) is 0 Å². The van der Waals surface area contributed by atoms with Crippen molar-refractivity contribution in [1.29, 1.82) is 0 Å². The number of hydrogen-bond acceptors (Lipinski definition) is 3. The summed E-state index contributed by atoms with van der Waals surface area (Å²) in [6, 6.07) is 5.75. The molecule has 4 N–H and O–H groups in total. The molecule has 0 saturated carbocycles. The van der Waals surface area contributed by atoms with E-state index in [4.69, 9.17) is 10.8 Å². The second-order valence-electron chi connectivity index (χ2n) is 4.65. The number of nitrogens with two attached hydrogens (primary N) is 1. The van der Waals surface area contributed by atoms with Gasteiger partial charge in [0.25, 0.3) is 0 Å². The number of rotatable bonds is 6. The number of benzene rings is 1. The highest BCUT2D eigenvalue weighted by atomic mass is 16.4. The predicted molar refractivity (Wildman–Crippen MR) is 78.0 cm³/mol. The van der Waals surface area contributed by atoms with Crippen molar-refractivity contribution in [1.82, 2.24) is 4.90 Å². The van der Waals surface area contributed by atoms with Crippen molar-refractivity contribution >= 4 is 23.6 Å². The molecule has 1 aromatic carbocycles. The maximum atomic E-state index is 12.1. The van der Waals surface area contributed by atoms with Crippen LogP contribution in [0.15, 0.2) is 24.3 Å². The lowest BCUT2D eigenvalue weighted by Gasteiger charge is -2.23. The Hall–Kier alpha value is -2.57.